The third-order valence-corrected chi connectivity index (χ3v) is 4.21. The van der Waals surface area contributed by atoms with Gasteiger partial charge in [-0.1, -0.05) is 30.2 Å². The van der Waals surface area contributed by atoms with Crippen molar-refractivity contribution in [3.05, 3.63) is 59.0 Å². The molecule has 0 saturated heterocycles. The van der Waals surface area contributed by atoms with Gasteiger partial charge in [-0.05, 0) is 55.9 Å². The number of nitrogens with zero attached hydrogens (tertiary/aromatic N) is 1. The summed E-state index contributed by atoms with van der Waals surface area (Å²) < 4.78 is 5.52. The zero-order valence-electron chi connectivity index (χ0n) is 14.2. The van der Waals surface area contributed by atoms with E-state index < -0.39 is 5.60 Å². The summed E-state index contributed by atoms with van der Waals surface area (Å²) in [6.45, 7) is 3.20. The van der Waals surface area contributed by atoms with Crippen LogP contribution in [0.15, 0.2) is 40.8 Å². The van der Waals surface area contributed by atoms with E-state index in [1.807, 2.05) is 19.2 Å². The molecule has 24 heavy (non-hydrogen) atoms. The van der Waals surface area contributed by atoms with Crippen LogP contribution in [0.25, 0.3) is 0 Å². The zero-order valence-corrected chi connectivity index (χ0v) is 14.2. The number of likely N-dealkylation sites (N-methyl/N-ethyl adjacent to an activating group) is 1. The van der Waals surface area contributed by atoms with Gasteiger partial charge in [-0.3, -0.25) is 4.79 Å². The van der Waals surface area contributed by atoms with Gasteiger partial charge in [0.2, 0.25) is 0 Å². The highest BCUT2D eigenvalue weighted by molar-refractivity contribution is 5.91. The molecular formula is C20H21NO3. The normalized spacial score (nSPS) is 14.0. The second-order valence-electron chi connectivity index (χ2n) is 6.72. The number of benzene rings is 1. The van der Waals surface area contributed by atoms with Crippen LogP contribution in [0.4, 0.5) is 0 Å². The van der Waals surface area contributed by atoms with Crippen molar-refractivity contribution < 1.29 is 14.3 Å². The highest BCUT2D eigenvalue weighted by Crippen LogP contribution is 2.25. The molecule has 1 aromatic heterocycles. The van der Waals surface area contributed by atoms with E-state index in [0.717, 1.165) is 12.8 Å². The van der Waals surface area contributed by atoms with Gasteiger partial charge in [-0.25, -0.2) is 0 Å². The van der Waals surface area contributed by atoms with E-state index in [4.69, 9.17) is 4.42 Å². The number of fused-ring (bicyclic) bond motifs is 1. The Balaban J connectivity index is 1.71. The van der Waals surface area contributed by atoms with E-state index >= 15 is 0 Å². The fraction of sp³-hybridized carbons (Fsp3) is 0.350. The van der Waals surface area contributed by atoms with Gasteiger partial charge in [-0.15, -0.1) is 0 Å². The molecule has 124 valence electrons. The highest BCUT2D eigenvalue weighted by atomic mass is 16.4. The summed E-state index contributed by atoms with van der Waals surface area (Å²) in [6.07, 6.45) is 1.73. The first-order valence-corrected chi connectivity index (χ1v) is 8.03. The fourth-order valence-electron chi connectivity index (χ4n) is 2.88. The van der Waals surface area contributed by atoms with Gasteiger partial charge in [0.05, 0.1) is 0 Å². The minimum atomic E-state index is -1.09. The number of carbonyl (C=O) groups excluding carboxylic acids is 1. The molecule has 1 heterocycles. The molecule has 0 unspecified atom stereocenters. The smallest absolute Gasteiger partial charge is 0.289 e. The molecule has 3 rings (SSSR count). The molecule has 1 aliphatic carbocycles. The maximum atomic E-state index is 12.6. The van der Waals surface area contributed by atoms with E-state index in [9.17, 15) is 9.90 Å². The van der Waals surface area contributed by atoms with Crippen molar-refractivity contribution in [2.75, 3.05) is 7.05 Å². The summed E-state index contributed by atoms with van der Waals surface area (Å²) in [5.41, 5.74) is 1.51. The average molecular weight is 323 g/mol. The molecule has 0 atom stereocenters. The molecule has 0 radical (unpaired) electrons. The first kappa shape index (κ1) is 16.4. The Labute approximate surface area is 142 Å². The largest absolute Gasteiger partial charge is 0.443 e. The van der Waals surface area contributed by atoms with Crippen LogP contribution in [-0.4, -0.2) is 34.6 Å². The van der Waals surface area contributed by atoms with Gasteiger partial charge in [0.15, 0.2) is 11.5 Å². The molecule has 4 heteroatoms. The lowest BCUT2D eigenvalue weighted by Gasteiger charge is -2.23. The number of carbonyl (C=O) groups is 1. The predicted octanol–water partition coefficient (Wildman–Crippen LogP) is 2.64. The minimum Gasteiger partial charge on any atom is -0.443 e. The van der Waals surface area contributed by atoms with Crippen LogP contribution in [0.3, 0.4) is 0 Å². The van der Waals surface area contributed by atoms with E-state index in [2.05, 4.69) is 24.0 Å². The number of aliphatic hydroxyl groups is 1. The van der Waals surface area contributed by atoms with Crippen LogP contribution in [0.5, 0.6) is 0 Å². The Hall–Kier alpha value is -2.51. The second kappa shape index (κ2) is 6.18. The van der Waals surface area contributed by atoms with Gasteiger partial charge in [-0.2, -0.15) is 0 Å². The molecule has 0 saturated carbocycles. The van der Waals surface area contributed by atoms with Crippen LogP contribution >= 0.6 is 0 Å². The lowest BCUT2D eigenvalue weighted by atomic mass is 10.1. The van der Waals surface area contributed by atoms with Crippen molar-refractivity contribution in [2.45, 2.75) is 38.3 Å². The molecule has 0 bridgehead atoms. The summed E-state index contributed by atoms with van der Waals surface area (Å²) >= 11 is 0. The minimum absolute atomic E-state index is 0.144. The van der Waals surface area contributed by atoms with E-state index in [1.165, 1.54) is 11.1 Å². The number of hydrogen-bond acceptors (Lipinski definition) is 3. The van der Waals surface area contributed by atoms with Crippen molar-refractivity contribution in [1.29, 1.82) is 0 Å². The van der Waals surface area contributed by atoms with Crippen LogP contribution in [0, 0.1) is 11.8 Å². The van der Waals surface area contributed by atoms with Gasteiger partial charge >= 0.3 is 0 Å². The van der Waals surface area contributed by atoms with Gasteiger partial charge in [0, 0.05) is 13.1 Å². The maximum Gasteiger partial charge on any atom is 0.289 e. The third-order valence-electron chi connectivity index (χ3n) is 4.21. The molecule has 2 aromatic rings. The third kappa shape index (κ3) is 3.52. The maximum absolute atomic E-state index is 12.6. The van der Waals surface area contributed by atoms with Crippen molar-refractivity contribution in [2.24, 2.45) is 0 Å². The van der Waals surface area contributed by atoms with E-state index in [-0.39, 0.29) is 17.7 Å². The molecule has 0 aliphatic heterocycles. The first-order valence-electron chi connectivity index (χ1n) is 8.03. The van der Waals surface area contributed by atoms with Crippen LogP contribution in [0.2, 0.25) is 0 Å². The summed E-state index contributed by atoms with van der Waals surface area (Å²) in [5.74, 6) is 5.92. The quantitative estimate of drug-likeness (QED) is 0.865. The highest BCUT2D eigenvalue weighted by Gasteiger charge is 2.29. The lowest BCUT2D eigenvalue weighted by molar-refractivity contribution is 0.0705. The molecule has 4 nitrogen and oxygen atoms in total. The molecule has 1 amide bonds. The van der Waals surface area contributed by atoms with Crippen LogP contribution < -0.4 is 0 Å². The van der Waals surface area contributed by atoms with Crippen molar-refractivity contribution in [1.82, 2.24) is 4.90 Å². The topological polar surface area (TPSA) is 53.7 Å². The standard InChI is InChI=1S/C20H21NO3/c1-20(2,23)11-10-17-8-9-18(24-17)19(22)21(3)16-12-14-6-4-5-7-15(14)13-16/h4-9,16,23H,12-13H2,1-3H3. The summed E-state index contributed by atoms with van der Waals surface area (Å²) in [6, 6.07) is 11.7. The SMILES string of the molecule is CN(C(=O)c1ccc(C#CC(C)(C)O)o1)C1Cc2ccccc2C1. The molecule has 1 aliphatic rings. The Morgan fingerprint density at radius 1 is 1.21 bits per heavy atom. The lowest BCUT2D eigenvalue weighted by Crippen LogP contribution is -2.37. The average Bonchev–Trinajstić information content (AvgIpc) is 3.17. The monoisotopic (exact) mass is 323 g/mol. The van der Waals surface area contributed by atoms with Crippen molar-refractivity contribution >= 4 is 5.91 Å². The second-order valence-corrected chi connectivity index (χ2v) is 6.72. The fourth-order valence-corrected chi connectivity index (χ4v) is 2.88. The first-order chi connectivity index (χ1) is 11.3. The van der Waals surface area contributed by atoms with Crippen LogP contribution in [0.1, 0.15) is 41.3 Å². The summed E-state index contributed by atoms with van der Waals surface area (Å²) in [7, 11) is 1.81. The van der Waals surface area contributed by atoms with Crippen LogP contribution in [-0.2, 0) is 12.8 Å². The Morgan fingerprint density at radius 3 is 2.42 bits per heavy atom. The number of furan rings is 1. The summed E-state index contributed by atoms with van der Waals surface area (Å²) in [5, 5.41) is 9.62. The van der Waals surface area contributed by atoms with Gasteiger partial charge in [0.1, 0.15) is 5.60 Å². The molecule has 0 spiro atoms. The Morgan fingerprint density at radius 2 is 1.83 bits per heavy atom. The predicted molar refractivity (Wildman–Crippen MR) is 91.6 cm³/mol. The Bertz CT molecular complexity index is 792. The van der Waals surface area contributed by atoms with Gasteiger partial charge in [0.25, 0.3) is 5.91 Å². The molecule has 1 aromatic carbocycles. The molecule has 0 fully saturated rings. The summed E-state index contributed by atoms with van der Waals surface area (Å²) in [4.78, 5) is 14.4. The Kier molecular flexibility index (Phi) is 4.21. The number of amides is 1. The van der Waals surface area contributed by atoms with Crippen molar-refractivity contribution in [3.63, 3.8) is 0 Å². The van der Waals surface area contributed by atoms with Crippen molar-refractivity contribution in [3.8, 4) is 11.8 Å². The molecular weight excluding hydrogens is 302 g/mol. The zero-order chi connectivity index (χ0) is 17.3. The van der Waals surface area contributed by atoms with E-state index in [1.54, 1.807) is 30.9 Å². The van der Waals surface area contributed by atoms with Gasteiger partial charge < -0.3 is 14.4 Å². The number of rotatable bonds is 2. The molecule has 1 N–H and O–H groups in total. The number of hydrogen-bond donors (Lipinski definition) is 1. The van der Waals surface area contributed by atoms with E-state index in [0.29, 0.717) is 5.76 Å².